The molecule has 0 fully saturated rings. The number of thioether (sulfide) groups is 1. The monoisotopic (exact) mass is 352 g/mol. The van der Waals surface area contributed by atoms with Crippen LogP contribution in [0.25, 0.3) is 0 Å². The third kappa shape index (κ3) is 4.46. The Labute approximate surface area is 142 Å². The lowest BCUT2D eigenvalue weighted by Crippen LogP contribution is -2.30. The minimum absolute atomic E-state index is 0.0689. The van der Waals surface area contributed by atoms with Crippen molar-refractivity contribution in [1.82, 2.24) is 5.32 Å². The summed E-state index contributed by atoms with van der Waals surface area (Å²) >= 11 is 2.24. The van der Waals surface area contributed by atoms with Gasteiger partial charge in [0.15, 0.2) is 0 Å². The summed E-state index contributed by atoms with van der Waals surface area (Å²) in [6, 6.07) is 9.10. The SMILES string of the molecule is COc1ccccc1CNC(=O)[C@@H](C)Sc1ccsc1[N+](=O)[O-]. The fourth-order valence-electron chi connectivity index (χ4n) is 1.93. The Morgan fingerprint density at radius 2 is 2.17 bits per heavy atom. The highest BCUT2D eigenvalue weighted by atomic mass is 32.2. The first kappa shape index (κ1) is 17.3. The van der Waals surface area contributed by atoms with E-state index < -0.39 is 10.2 Å². The summed E-state index contributed by atoms with van der Waals surface area (Å²) in [6.07, 6.45) is 0. The molecule has 0 aliphatic heterocycles. The number of para-hydroxylation sites is 1. The Balaban J connectivity index is 1.95. The van der Waals surface area contributed by atoms with E-state index >= 15 is 0 Å². The molecule has 2 aromatic rings. The molecule has 0 spiro atoms. The maximum absolute atomic E-state index is 12.2. The molecule has 0 bridgehead atoms. The van der Waals surface area contributed by atoms with E-state index in [0.29, 0.717) is 17.2 Å². The molecular formula is C15H16N2O4S2. The minimum atomic E-state index is -0.432. The van der Waals surface area contributed by atoms with Crippen LogP contribution in [0.4, 0.5) is 5.00 Å². The second kappa shape index (κ2) is 7.98. The molecule has 122 valence electrons. The molecule has 8 heteroatoms. The summed E-state index contributed by atoms with van der Waals surface area (Å²) in [6.45, 7) is 2.07. The maximum atomic E-state index is 12.2. The van der Waals surface area contributed by atoms with Gasteiger partial charge >= 0.3 is 5.00 Å². The largest absolute Gasteiger partial charge is 0.496 e. The van der Waals surface area contributed by atoms with Crippen LogP contribution >= 0.6 is 23.1 Å². The average molecular weight is 352 g/mol. The van der Waals surface area contributed by atoms with Gasteiger partial charge in [-0.25, -0.2) is 0 Å². The molecule has 23 heavy (non-hydrogen) atoms. The Morgan fingerprint density at radius 3 is 2.87 bits per heavy atom. The van der Waals surface area contributed by atoms with Crippen LogP contribution in [0.3, 0.4) is 0 Å². The van der Waals surface area contributed by atoms with Gasteiger partial charge in [-0.3, -0.25) is 14.9 Å². The lowest BCUT2D eigenvalue weighted by Gasteiger charge is -2.13. The van der Waals surface area contributed by atoms with E-state index in [1.165, 1.54) is 11.8 Å². The predicted molar refractivity (Wildman–Crippen MR) is 91.1 cm³/mol. The molecule has 1 amide bonds. The number of ether oxygens (including phenoxy) is 1. The number of hydrogen-bond donors (Lipinski definition) is 1. The zero-order valence-corrected chi connectivity index (χ0v) is 14.3. The van der Waals surface area contributed by atoms with Crippen LogP contribution in [-0.2, 0) is 11.3 Å². The summed E-state index contributed by atoms with van der Waals surface area (Å²) in [5.41, 5.74) is 0.877. The minimum Gasteiger partial charge on any atom is -0.496 e. The zero-order chi connectivity index (χ0) is 16.8. The number of thiophene rings is 1. The van der Waals surface area contributed by atoms with Crippen molar-refractivity contribution >= 4 is 34.0 Å². The molecule has 0 saturated heterocycles. The van der Waals surface area contributed by atoms with Crippen molar-refractivity contribution in [3.8, 4) is 5.75 Å². The van der Waals surface area contributed by atoms with E-state index in [4.69, 9.17) is 4.74 Å². The Hall–Kier alpha value is -2.06. The molecule has 1 heterocycles. The molecule has 0 aliphatic carbocycles. The van der Waals surface area contributed by atoms with E-state index in [-0.39, 0.29) is 10.9 Å². The fraction of sp³-hybridized carbons (Fsp3) is 0.267. The Bertz CT molecular complexity index is 702. The van der Waals surface area contributed by atoms with Crippen LogP contribution in [0.2, 0.25) is 0 Å². The van der Waals surface area contributed by atoms with Gasteiger partial charge in [0, 0.05) is 12.1 Å². The van der Waals surface area contributed by atoms with Crippen LogP contribution in [0.15, 0.2) is 40.6 Å². The van der Waals surface area contributed by atoms with E-state index in [1.807, 2.05) is 24.3 Å². The highest BCUT2D eigenvalue weighted by Crippen LogP contribution is 2.36. The second-order valence-electron chi connectivity index (χ2n) is 4.64. The van der Waals surface area contributed by atoms with Gasteiger partial charge in [0.2, 0.25) is 5.91 Å². The molecule has 2 rings (SSSR count). The first-order valence-corrected chi connectivity index (χ1v) is 8.57. The maximum Gasteiger partial charge on any atom is 0.337 e. The molecule has 0 radical (unpaired) electrons. The number of carbonyl (C=O) groups excluding carboxylic acids is 1. The summed E-state index contributed by atoms with van der Waals surface area (Å²) in [5, 5.41) is 15.0. The molecule has 0 saturated carbocycles. The van der Waals surface area contributed by atoms with Gasteiger partial charge in [-0.05, 0) is 24.4 Å². The van der Waals surface area contributed by atoms with Crippen LogP contribution in [0.5, 0.6) is 5.75 Å². The molecule has 6 nitrogen and oxygen atoms in total. The van der Waals surface area contributed by atoms with Crippen molar-refractivity contribution in [3.05, 3.63) is 51.4 Å². The first-order valence-electron chi connectivity index (χ1n) is 6.81. The fourth-order valence-corrected chi connectivity index (χ4v) is 3.80. The van der Waals surface area contributed by atoms with E-state index in [9.17, 15) is 14.9 Å². The molecule has 1 atom stereocenters. The normalized spacial score (nSPS) is 11.7. The van der Waals surface area contributed by atoms with Gasteiger partial charge in [-0.15, -0.1) is 11.8 Å². The van der Waals surface area contributed by atoms with Crippen LogP contribution in [0.1, 0.15) is 12.5 Å². The van der Waals surface area contributed by atoms with Crippen LogP contribution in [-0.4, -0.2) is 23.2 Å². The molecule has 1 aromatic carbocycles. The summed E-state index contributed by atoms with van der Waals surface area (Å²) in [7, 11) is 1.58. The summed E-state index contributed by atoms with van der Waals surface area (Å²) in [5.74, 6) is 0.531. The van der Waals surface area contributed by atoms with Gasteiger partial charge < -0.3 is 10.1 Å². The van der Waals surface area contributed by atoms with Crippen molar-refractivity contribution in [2.24, 2.45) is 0 Å². The molecule has 0 unspecified atom stereocenters. The third-order valence-corrected chi connectivity index (χ3v) is 5.24. The smallest absolute Gasteiger partial charge is 0.337 e. The number of benzene rings is 1. The second-order valence-corrected chi connectivity index (χ2v) is 6.91. The van der Waals surface area contributed by atoms with Crippen molar-refractivity contribution in [3.63, 3.8) is 0 Å². The molecule has 1 aromatic heterocycles. The summed E-state index contributed by atoms with van der Waals surface area (Å²) < 4.78 is 5.24. The molecule has 0 aliphatic rings. The predicted octanol–water partition coefficient (Wildman–Crippen LogP) is 3.46. The van der Waals surface area contributed by atoms with Gasteiger partial charge in [0.25, 0.3) is 0 Å². The number of nitrogens with one attached hydrogen (secondary N) is 1. The number of nitrogens with zero attached hydrogens (tertiary/aromatic N) is 1. The summed E-state index contributed by atoms with van der Waals surface area (Å²) in [4.78, 5) is 23.2. The van der Waals surface area contributed by atoms with Crippen molar-refractivity contribution in [2.45, 2.75) is 23.6 Å². The number of methoxy groups -OCH3 is 1. The number of rotatable bonds is 7. The number of carbonyl (C=O) groups is 1. The lowest BCUT2D eigenvalue weighted by molar-refractivity contribution is -0.382. The van der Waals surface area contributed by atoms with E-state index in [1.54, 1.807) is 25.5 Å². The topological polar surface area (TPSA) is 81.5 Å². The average Bonchev–Trinajstić information content (AvgIpc) is 3.01. The van der Waals surface area contributed by atoms with Crippen molar-refractivity contribution < 1.29 is 14.5 Å². The molecule has 1 N–H and O–H groups in total. The third-order valence-electron chi connectivity index (χ3n) is 3.09. The van der Waals surface area contributed by atoms with Gasteiger partial charge in [-0.2, -0.15) is 0 Å². The number of hydrogen-bond acceptors (Lipinski definition) is 6. The standard InChI is InChI=1S/C15H16N2O4S2/c1-10(23-13-7-8-22-15(13)17(19)20)14(18)16-9-11-5-3-4-6-12(11)21-2/h3-8,10H,9H2,1-2H3,(H,16,18)/t10-/m1/s1. The lowest BCUT2D eigenvalue weighted by atomic mass is 10.2. The van der Waals surface area contributed by atoms with Gasteiger partial charge in [0.1, 0.15) is 5.75 Å². The Kier molecular flexibility index (Phi) is 6.00. The number of nitro groups is 1. The van der Waals surface area contributed by atoms with Gasteiger partial charge in [0.05, 0.1) is 22.2 Å². The number of amides is 1. The zero-order valence-electron chi connectivity index (χ0n) is 12.6. The van der Waals surface area contributed by atoms with Crippen molar-refractivity contribution in [2.75, 3.05) is 7.11 Å². The van der Waals surface area contributed by atoms with E-state index in [2.05, 4.69) is 5.32 Å². The highest BCUT2D eigenvalue weighted by Gasteiger charge is 2.22. The quantitative estimate of drug-likeness (QED) is 0.469. The van der Waals surface area contributed by atoms with Crippen LogP contribution < -0.4 is 10.1 Å². The molecular weight excluding hydrogens is 336 g/mol. The van der Waals surface area contributed by atoms with Gasteiger partial charge in [-0.1, -0.05) is 29.5 Å². The Morgan fingerprint density at radius 1 is 1.43 bits per heavy atom. The highest BCUT2D eigenvalue weighted by molar-refractivity contribution is 8.00. The van der Waals surface area contributed by atoms with E-state index in [0.717, 1.165) is 16.9 Å². The first-order chi connectivity index (χ1) is 11.0. The van der Waals surface area contributed by atoms with Crippen molar-refractivity contribution in [1.29, 1.82) is 0 Å². The van der Waals surface area contributed by atoms with Crippen LogP contribution in [0, 0.1) is 10.1 Å².